The number of nitrogens with one attached hydrogen (secondary N) is 1. The van der Waals surface area contributed by atoms with E-state index < -0.39 is 6.04 Å². The summed E-state index contributed by atoms with van der Waals surface area (Å²) in [4.78, 5) is 26.4. The molecule has 2 aromatic heterocycles. The van der Waals surface area contributed by atoms with Gasteiger partial charge >= 0.3 is 0 Å². The van der Waals surface area contributed by atoms with Crippen molar-refractivity contribution in [3.63, 3.8) is 0 Å². The second-order valence-corrected chi connectivity index (χ2v) is 11.6. The summed E-state index contributed by atoms with van der Waals surface area (Å²) in [5.74, 6) is 0.437. The van der Waals surface area contributed by atoms with Crippen LogP contribution in [0.5, 0.6) is 5.75 Å². The molecule has 12 heteroatoms. The number of hydrazone groups is 1. The molecule has 0 radical (unpaired) electrons. The van der Waals surface area contributed by atoms with E-state index in [1.165, 1.54) is 35.2 Å². The van der Waals surface area contributed by atoms with Crippen molar-refractivity contribution in [3.05, 3.63) is 125 Å². The third kappa shape index (κ3) is 6.43. The Morgan fingerprint density at radius 1 is 1.02 bits per heavy atom. The molecule has 0 fully saturated rings. The number of aryl methyl sites for hydroxylation is 1. The van der Waals surface area contributed by atoms with Gasteiger partial charge in [0.1, 0.15) is 11.6 Å². The van der Waals surface area contributed by atoms with E-state index in [1.54, 1.807) is 31.4 Å². The molecule has 46 heavy (non-hydrogen) atoms. The number of carbonyl (C=O) groups is 2. The van der Waals surface area contributed by atoms with E-state index in [0.29, 0.717) is 17.4 Å². The zero-order valence-electron chi connectivity index (χ0n) is 25.4. The summed E-state index contributed by atoms with van der Waals surface area (Å²) >= 11 is 1.23. The minimum atomic E-state index is -0.407. The Morgan fingerprint density at radius 2 is 1.80 bits per heavy atom. The molecule has 0 saturated carbocycles. The molecular weight excluding hydrogens is 607 g/mol. The summed E-state index contributed by atoms with van der Waals surface area (Å²) in [6.07, 6.45) is 1.90. The molecule has 5 aromatic rings. The first kappa shape index (κ1) is 30.8. The van der Waals surface area contributed by atoms with Crippen LogP contribution in [0.2, 0.25) is 0 Å². The van der Waals surface area contributed by atoms with Gasteiger partial charge in [-0.2, -0.15) is 5.10 Å². The lowest BCUT2D eigenvalue weighted by Gasteiger charge is -2.22. The van der Waals surface area contributed by atoms with Crippen molar-refractivity contribution in [1.29, 1.82) is 0 Å². The number of nitrogens with zero attached hydrogens (tertiary/aromatic N) is 5. The first-order chi connectivity index (χ1) is 22.3. The third-order valence-corrected chi connectivity index (χ3v) is 8.75. The maximum absolute atomic E-state index is 13.8. The van der Waals surface area contributed by atoms with E-state index in [-0.39, 0.29) is 35.7 Å². The van der Waals surface area contributed by atoms with Crippen LogP contribution in [0.1, 0.15) is 51.1 Å². The van der Waals surface area contributed by atoms with Gasteiger partial charge in [0.15, 0.2) is 16.7 Å². The normalized spacial score (nSPS) is 14.3. The van der Waals surface area contributed by atoms with Gasteiger partial charge in [-0.1, -0.05) is 36.0 Å². The van der Waals surface area contributed by atoms with Crippen LogP contribution in [0.15, 0.2) is 99.8 Å². The number of amides is 2. The van der Waals surface area contributed by atoms with Gasteiger partial charge in [0, 0.05) is 6.42 Å². The SMILES string of the molecule is COc1ccc(C2=NN(C(=O)CSc3nnc(CNC(=O)c4ccco4)n3-c3cccc(C)c3C)[C@@H](c3ccc(F)cc3)C2)cc1. The van der Waals surface area contributed by atoms with Crippen LogP contribution in [0.25, 0.3) is 5.69 Å². The Kier molecular flexibility index (Phi) is 8.97. The molecule has 2 amide bonds. The first-order valence-corrected chi connectivity index (χ1v) is 15.6. The second kappa shape index (κ2) is 13.4. The van der Waals surface area contributed by atoms with Crippen molar-refractivity contribution in [1.82, 2.24) is 25.1 Å². The van der Waals surface area contributed by atoms with Crippen LogP contribution >= 0.6 is 11.8 Å². The highest BCUT2D eigenvalue weighted by molar-refractivity contribution is 7.99. The van der Waals surface area contributed by atoms with Crippen LogP contribution in [0.4, 0.5) is 4.39 Å². The zero-order chi connectivity index (χ0) is 32.2. The Morgan fingerprint density at radius 3 is 2.52 bits per heavy atom. The van der Waals surface area contributed by atoms with Gasteiger partial charge in [0.2, 0.25) is 0 Å². The number of benzene rings is 3. The molecule has 234 valence electrons. The molecule has 1 atom stereocenters. The number of furan rings is 1. The highest BCUT2D eigenvalue weighted by Crippen LogP contribution is 2.35. The summed E-state index contributed by atoms with van der Waals surface area (Å²) in [6.45, 7) is 4.10. The Balaban J connectivity index is 1.27. The van der Waals surface area contributed by atoms with Gasteiger partial charge in [-0.25, -0.2) is 9.40 Å². The minimum Gasteiger partial charge on any atom is -0.497 e. The summed E-state index contributed by atoms with van der Waals surface area (Å²) in [5, 5.41) is 18.3. The molecule has 0 aliphatic carbocycles. The average Bonchev–Trinajstić information content (AvgIpc) is 3.85. The summed E-state index contributed by atoms with van der Waals surface area (Å²) < 4.78 is 26.1. The summed E-state index contributed by atoms with van der Waals surface area (Å²) in [6, 6.07) is 22.4. The number of methoxy groups -OCH3 is 1. The predicted octanol–water partition coefficient (Wildman–Crippen LogP) is 6.02. The fourth-order valence-electron chi connectivity index (χ4n) is 5.22. The van der Waals surface area contributed by atoms with Crippen LogP contribution in [0, 0.1) is 19.7 Å². The number of hydrogen-bond acceptors (Lipinski definition) is 8. The molecule has 10 nitrogen and oxygen atoms in total. The van der Waals surface area contributed by atoms with Crippen LogP contribution in [-0.2, 0) is 11.3 Å². The number of aromatic nitrogens is 3. The molecule has 3 aromatic carbocycles. The minimum absolute atomic E-state index is 0.0127. The van der Waals surface area contributed by atoms with Crippen molar-refractivity contribution < 1.29 is 23.1 Å². The third-order valence-electron chi connectivity index (χ3n) is 7.84. The molecule has 6 rings (SSSR count). The van der Waals surface area contributed by atoms with Gasteiger partial charge in [-0.3, -0.25) is 14.2 Å². The lowest BCUT2D eigenvalue weighted by molar-refractivity contribution is -0.130. The number of carbonyl (C=O) groups excluding carboxylic acids is 2. The van der Waals surface area contributed by atoms with Crippen LogP contribution in [0.3, 0.4) is 0 Å². The van der Waals surface area contributed by atoms with Crippen molar-refractivity contribution in [3.8, 4) is 11.4 Å². The number of halogens is 1. The molecule has 1 aliphatic rings. The standard InChI is InChI=1S/C34H31FN6O4S/c1-21-6-4-7-28(22(21)2)40-31(19-36-33(43)30-8-5-17-45-30)37-38-34(40)46-20-32(42)41-29(24-9-13-25(35)14-10-24)18-27(39-41)23-11-15-26(44-3)16-12-23/h4-17,29H,18-20H2,1-3H3,(H,36,43)/t29-/m1/s1. The van der Waals surface area contributed by atoms with E-state index in [4.69, 9.17) is 14.3 Å². The topological polar surface area (TPSA) is 115 Å². The average molecular weight is 639 g/mol. The van der Waals surface area contributed by atoms with Crippen molar-refractivity contribution in [2.24, 2.45) is 5.10 Å². The maximum Gasteiger partial charge on any atom is 0.287 e. The van der Waals surface area contributed by atoms with Crippen molar-refractivity contribution >= 4 is 29.3 Å². The van der Waals surface area contributed by atoms with Crippen molar-refractivity contribution in [2.45, 2.75) is 38.0 Å². The molecule has 0 spiro atoms. The van der Waals surface area contributed by atoms with Crippen molar-refractivity contribution in [2.75, 3.05) is 12.9 Å². The van der Waals surface area contributed by atoms with Gasteiger partial charge in [0.25, 0.3) is 11.8 Å². The second-order valence-electron chi connectivity index (χ2n) is 10.7. The monoisotopic (exact) mass is 638 g/mol. The number of hydrogen-bond donors (Lipinski definition) is 1. The molecule has 1 N–H and O–H groups in total. The van der Waals surface area contributed by atoms with E-state index in [1.807, 2.05) is 60.9 Å². The zero-order valence-corrected chi connectivity index (χ0v) is 26.3. The van der Waals surface area contributed by atoms with E-state index in [2.05, 4.69) is 15.5 Å². The number of rotatable bonds is 10. The summed E-state index contributed by atoms with van der Waals surface area (Å²) in [5.41, 5.74) is 5.31. The predicted molar refractivity (Wildman–Crippen MR) is 172 cm³/mol. The van der Waals surface area contributed by atoms with E-state index in [9.17, 15) is 14.0 Å². The van der Waals surface area contributed by atoms with Gasteiger partial charge in [-0.15, -0.1) is 10.2 Å². The first-order valence-electron chi connectivity index (χ1n) is 14.6. The Bertz CT molecular complexity index is 1890. The molecule has 3 heterocycles. The highest BCUT2D eigenvalue weighted by atomic mass is 32.2. The largest absolute Gasteiger partial charge is 0.497 e. The molecule has 0 bridgehead atoms. The van der Waals surface area contributed by atoms with Crippen LogP contribution in [-0.4, -0.2) is 50.2 Å². The molecule has 0 saturated heterocycles. The van der Waals surface area contributed by atoms with E-state index in [0.717, 1.165) is 39.4 Å². The quantitative estimate of drug-likeness (QED) is 0.186. The van der Waals surface area contributed by atoms with Gasteiger partial charge < -0.3 is 14.5 Å². The van der Waals surface area contributed by atoms with Crippen LogP contribution < -0.4 is 10.1 Å². The molecule has 1 aliphatic heterocycles. The lowest BCUT2D eigenvalue weighted by Crippen LogP contribution is -2.28. The fraction of sp³-hybridized carbons (Fsp3) is 0.206. The fourth-order valence-corrected chi connectivity index (χ4v) is 6.03. The summed E-state index contributed by atoms with van der Waals surface area (Å²) in [7, 11) is 1.60. The smallest absolute Gasteiger partial charge is 0.287 e. The lowest BCUT2D eigenvalue weighted by atomic mass is 9.98. The highest BCUT2D eigenvalue weighted by Gasteiger charge is 2.33. The Hall–Kier alpha value is -5.23. The molecular formula is C34H31FN6O4S. The van der Waals surface area contributed by atoms with Gasteiger partial charge in [0.05, 0.1) is 43.1 Å². The Labute approximate surface area is 269 Å². The van der Waals surface area contributed by atoms with Gasteiger partial charge in [-0.05, 0) is 90.7 Å². The number of thioether (sulfide) groups is 1. The maximum atomic E-state index is 13.8. The van der Waals surface area contributed by atoms with E-state index >= 15 is 0 Å². The number of ether oxygens (including phenoxy) is 1. The molecule has 0 unspecified atom stereocenters.